The van der Waals surface area contributed by atoms with Crippen molar-refractivity contribution in [2.75, 3.05) is 6.61 Å². The molecule has 2 rings (SSSR count). The zero-order valence-corrected chi connectivity index (χ0v) is 9.83. The first-order chi connectivity index (χ1) is 8.45. The maximum atomic E-state index is 13.1. The van der Waals surface area contributed by atoms with Gasteiger partial charge in [0.15, 0.2) is 11.6 Å². The summed E-state index contributed by atoms with van der Waals surface area (Å²) in [7, 11) is 0. The van der Waals surface area contributed by atoms with E-state index >= 15 is 0 Å². The highest BCUT2D eigenvalue weighted by atomic mass is 19.2. The Labute approximate surface area is 103 Å². The second kappa shape index (κ2) is 4.48. The topological polar surface area (TPSA) is 43.4 Å². The molecule has 0 spiro atoms. The molecule has 0 N–H and O–H groups in total. The van der Waals surface area contributed by atoms with Gasteiger partial charge in [-0.05, 0) is 31.0 Å². The molecule has 1 aromatic rings. The van der Waals surface area contributed by atoms with Crippen molar-refractivity contribution in [3.05, 3.63) is 35.4 Å². The molecule has 1 fully saturated rings. The summed E-state index contributed by atoms with van der Waals surface area (Å²) in [6, 6.07) is 3.36. The zero-order chi connectivity index (χ0) is 13.3. The van der Waals surface area contributed by atoms with Crippen LogP contribution >= 0.6 is 0 Å². The molecule has 1 aliphatic heterocycles. The van der Waals surface area contributed by atoms with E-state index in [0.29, 0.717) is 5.56 Å². The van der Waals surface area contributed by atoms with Crippen molar-refractivity contribution in [1.82, 2.24) is 0 Å². The van der Waals surface area contributed by atoms with Crippen molar-refractivity contribution >= 4 is 11.8 Å². The van der Waals surface area contributed by atoms with Crippen LogP contribution < -0.4 is 0 Å². The molecule has 0 aromatic heterocycles. The van der Waals surface area contributed by atoms with Crippen LogP contribution in [0.25, 0.3) is 0 Å². The van der Waals surface area contributed by atoms with Crippen LogP contribution in [0.4, 0.5) is 8.78 Å². The van der Waals surface area contributed by atoms with Crippen molar-refractivity contribution in [1.29, 1.82) is 0 Å². The Bertz CT molecular complexity index is 513. The second-order valence-corrected chi connectivity index (χ2v) is 4.45. The first kappa shape index (κ1) is 12.7. The molecule has 1 aromatic carbocycles. The average Bonchev–Trinajstić information content (AvgIpc) is 2.67. The summed E-state index contributed by atoms with van der Waals surface area (Å²) in [4.78, 5) is 23.3. The highest BCUT2D eigenvalue weighted by Gasteiger charge is 2.48. The Balaban J connectivity index is 2.32. The van der Waals surface area contributed by atoms with Crippen molar-refractivity contribution in [3.63, 3.8) is 0 Å². The number of cyclic esters (lactones) is 1. The number of ether oxygens (including phenoxy) is 1. The Hall–Kier alpha value is -1.78. The molecular weight excluding hydrogens is 242 g/mol. The number of halogens is 2. The predicted molar refractivity (Wildman–Crippen MR) is 58.8 cm³/mol. The van der Waals surface area contributed by atoms with E-state index in [-0.39, 0.29) is 25.2 Å². The third-order valence-electron chi connectivity index (χ3n) is 3.32. The molecule has 0 saturated carbocycles. The van der Waals surface area contributed by atoms with Gasteiger partial charge in [0, 0.05) is 6.42 Å². The lowest BCUT2D eigenvalue weighted by atomic mass is 9.77. The number of ketones is 1. The Kier molecular flexibility index (Phi) is 3.15. The van der Waals surface area contributed by atoms with E-state index in [0.717, 1.165) is 12.1 Å². The second-order valence-electron chi connectivity index (χ2n) is 4.45. The Morgan fingerprint density at radius 3 is 2.61 bits per heavy atom. The smallest absolute Gasteiger partial charge is 0.320 e. The van der Waals surface area contributed by atoms with E-state index in [9.17, 15) is 18.4 Å². The summed E-state index contributed by atoms with van der Waals surface area (Å²) in [5.74, 6) is -2.84. The van der Waals surface area contributed by atoms with Gasteiger partial charge in [-0.15, -0.1) is 0 Å². The van der Waals surface area contributed by atoms with Crippen LogP contribution in [0.3, 0.4) is 0 Å². The number of Topliss-reactive ketones (excluding diaryl/α,β-unsaturated/α-hetero) is 1. The fourth-order valence-corrected chi connectivity index (χ4v) is 2.16. The fourth-order valence-electron chi connectivity index (χ4n) is 2.16. The van der Waals surface area contributed by atoms with Gasteiger partial charge < -0.3 is 4.74 Å². The molecule has 1 aliphatic rings. The van der Waals surface area contributed by atoms with Crippen LogP contribution in [0, 0.1) is 17.0 Å². The van der Waals surface area contributed by atoms with Gasteiger partial charge in [-0.3, -0.25) is 9.59 Å². The first-order valence-corrected chi connectivity index (χ1v) is 5.58. The molecule has 1 saturated heterocycles. The van der Waals surface area contributed by atoms with E-state index in [4.69, 9.17) is 4.74 Å². The van der Waals surface area contributed by atoms with Gasteiger partial charge in [0.25, 0.3) is 0 Å². The molecule has 1 atom stereocenters. The molecule has 0 aliphatic carbocycles. The molecule has 0 bridgehead atoms. The van der Waals surface area contributed by atoms with Gasteiger partial charge in [-0.25, -0.2) is 8.78 Å². The van der Waals surface area contributed by atoms with Gasteiger partial charge in [0.05, 0.1) is 6.61 Å². The predicted octanol–water partition coefficient (Wildman–Crippen LogP) is 2.03. The van der Waals surface area contributed by atoms with Crippen LogP contribution in [-0.2, 0) is 20.7 Å². The molecule has 96 valence electrons. The third-order valence-corrected chi connectivity index (χ3v) is 3.32. The number of benzene rings is 1. The Morgan fingerprint density at radius 1 is 1.39 bits per heavy atom. The van der Waals surface area contributed by atoms with Crippen molar-refractivity contribution in [3.8, 4) is 0 Å². The minimum absolute atomic E-state index is 0.0400. The van der Waals surface area contributed by atoms with Gasteiger partial charge in [0.2, 0.25) is 0 Å². The molecule has 18 heavy (non-hydrogen) atoms. The van der Waals surface area contributed by atoms with E-state index < -0.39 is 23.0 Å². The van der Waals surface area contributed by atoms with E-state index in [1.54, 1.807) is 0 Å². The number of rotatable bonds is 3. The summed E-state index contributed by atoms with van der Waals surface area (Å²) < 4.78 is 30.7. The van der Waals surface area contributed by atoms with Gasteiger partial charge in [0.1, 0.15) is 11.2 Å². The normalized spacial score (nSPS) is 22.9. The monoisotopic (exact) mass is 254 g/mol. The number of carbonyl (C=O) groups is 2. The largest absolute Gasteiger partial charge is 0.465 e. The van der Waals surface area contributed by atoms with E-state index in [1.807, 2.05) is 0 Å². The Morgan fingerprint density at radius 2 is 2.11 bits per heavy atom. The minimum atomic E-state index is -1.25. The molecule has 1 heterocycles. The maximum Gasteiger partial charge on any atom is 0.320 e. The minimum Gasteiger partial charge on any atom is -0.465 e. The molecule has 5 heteroatoms. The number of hydrogen-bond acceptors (Lipinski definition) is 3. The van der Waals surface area contributed by atoms with Gasteiger partial charge >= 0.3 is 5.97 Å². The van der Waals surface area contributed by atoms with Gasteiger partial charge in [-0.2, -0.15) is 0 Å². The SMILES string of the molecule is CC(=O)C1(Cc2ccc(F)c(F)c2)CCOC1=O. The van der Waals surface area contributed by atoms with Crippen LogP contribution in [0.1, 0.15) is 18.9 Å². The summed E-state index contributed by atoms with van der Waals surface area (Å²) >= 11 is 0. The molecule has 0 radical (unpaired) electrons. The highest BCUT2D eigenvalue weighted by molar-refractivity contribution is 6.04. The quantitative estimate of drug-likeness (QED) is 0.612. The van der Waals surface area contributed by atoms with Crippen LogP contribution in [0.2, 0.25) is 0 Å². The van der Waals surface area contributed by atoms with Crippen LogP contribution in [-0.4, -0.2) is 18.4 Å². The summed E-state index contributed by atoms with van der Waals surface area (Å²) in [5, 5.41) is 0. The summed E-state index contributed by atoms with van der Waals surface area (Å²) in [5.41, 5.74) is -0.840. The van der Waals surface area contributed by atoms with E-state index in [1.165, 1.54) is 13.0 Å². The van der Waals surface area contributed by atoms with E-state index in [2.05, 4.69) is 0 Å². The van der Waals surface area contributed by atoms with Crippen molar-refractivity contribution in [2.45, 2.75) is 19.8 Å². The molecule has 1 unspecified atom stereocenters. The maximum absolute atomic E-state index is 13.1. The van der Waals surface area contributed by atoms with Crippen molar-refractivity contribution < 1.29 is 23.1 Å². The first-order valence-electron chi connectivity index (χ1n) is 5.58. The summed E-state index contributed by atoms with van der Waals surface area (Å²) in [6.45, 7) is 1.49. The third kappa shape index (κ3) is 2.00. The zero-order valence-electron chi connectivity index (χ0n) is 9.83. The lowest BCUT2D eigenvalue weighted by Gasteiger charge is -2.21. The average molecular weight is 254 g/mol. The number of carbonyl (C=O) groups excluding carboxylic acids is 2. The van der Waals surface area contributed by atoms with Crippen LogP contribution in [0.15, 0.2) is 18.2 Å². The fraction of sp³-hybridized carbons (Fsp3) is 0.385. The number of esters is 1. The van der Waals surface area contributed by atoms with Gasteiger partial charge in [-0.1, -0.05) is 6.07 Å². The molecular formula is C13H12F2O3. The standard InChI is InChI=1S/C13H12F2O3/c1-8(16)13(4-5-18-12(13)17)7-9-2-3-10(14)11(15)6-9/h2-3,6H,4-5,7H2,1H3. The number of hydrogen-bond donors (Lipinski definition) is 0. The lowest BCUT2D eigenvalue weighted by Crippen LogP contribution is -2.36. The van der Waals surface area contributed by atoms with Crippen LogP contribution in [0.5, 0.6) is 0 Å². The van der Waals surface area contributed by atoms with Crippen molar-refractivity contribution in [2.24, 2.45) is 5.41 Å². The summed E-state index contributed by atoms with van der Waals surface area (Å²) in [6.07, 6.45) is 0.318. The molecule has 0 amide bonds. The molecule has 3 nitrogen and oxygen atoms in total. The lowest BCUT2D eigenvalue weighted by molar-refractivity contribution is -0.150. The highest BCUT2D eigenvalue weighted by Crippen LogP contribution is 2.35.